The van der Waals surface area contributed by atoms with Gasteiger partial charge in [-0.15, -0.1) is 0 Å². The smallest absolute Gasteiger partial charge is 0.0965 e. The van der Waals surface area contributed by atoms with E-state index < -0.39 is 0 Å². The zero-order chi connectivity index (χ0) is 16.7. The van der Waals surface area contributed by atoms with Crippen molar-refractivity contribution in [2.45, 2.75) is 60.3 Å². The largest absolute Gasteiger partial charge is 0.359 e. The van der Waals surface area contributed by atoms with Gasteiger partial charge < -0.3 is 5.32 Å². The van der Waals surface area contributed by atoms with E-state index in [1.807, 2.05) is 26.0 Å². The number of hydrogen-bond donors (Lipinski definition) is 1. The van der Waals surface area contributed by atoms with Crippen LogP contribution in [0.2, 0.25) is 0 Å². The molecule has 0 heterocycles. The highest BCUT2D eigenvalue weighted by molar-refractivity contribution is 5.34. The van der Waals surface area contributed by atoms with Crippen LogP contribution in [0.25, 0.3) is 0 Å². The molecule has 2 heteroatoms. The highest BCUT2D eigenvalue weighted by atomic mass is 14.9. The molecule has 0 aromatic heterocycles. The summed E-state index contributed by atoms with van der Waals surface area (Å²) in [6.07, 6.45) is 8.90. The maximum atomic E-state index is 9.10. The number of rotatable bonds is 6. The van der Waals surface area contributed by atoms with E-state index in [2.05, 4.69) is 38.7 Å². The normalized spacial score (nSPS) is 26.7. The quantitative estimate of drug-likeness (QED) is 0.515. The van der Waals surface area contributed by atoms with Crippen molar-refractivity contribution in [3.63, 3.8) is 0 Å². The average molecular weight is 300 g/mol. The van der Waals surface area contributed by atoms with Crippen molar-refractivity contribution in [1.82, 2.24) is 5.32 Å². The van der Waals surface area contributed by atoms with Gasteiger partial charge in [-0.1, -0.05) is 39.8 Å². The highest BCUT2D eigenvalue weighted by Gasteiger charge is 2.30. The lowest BCUT2D eigenvalue weighted by atomic mass is 9.68. The van der Waals surface area contributed by atoms with Crippen LogP contribution in [0.3, 0.4) is 0 Å². The second-order valence-corrected chi connectivity index (χ2v) is 7.17. The lowest BCUT2D eigenvalue weighted by molar-refractivity contribution is 0.143. The molecule has 1 aliphatic carbocycles. The Morgan fingerprint density at radius 2 is 2.09 bits per heavy atom. The van der Waals surface area contributed by atoms with Gasteiger partial charge in [0.05, 0.1) is 11.8 Å². The van der Waals surface area contributed by atoms with Crippen molar-refractivity contribution in [3.05, 3.63) is 35.7 Å². The number of hydrogen-bond acceptors (Lipinski definition) is 2. The van der Waals surface area contributed by atoms with Crippen LogP contribution in [0.15, 0.2) is 35.7 Å². The number of nitriles is 1. The molecule has 22 heavy (non-hydrogen) atoms. The molecule has 0 bridgehead atoms. The van der Waals surface area contributed by atoms with Crippen LogP contribution in [0.5, 0.6) is 0 Å². The Balaban J connectivity index is 2.75. The van der Waals surface area contributed by atoms with Crippen LogP contribution < -0.4 is 5.32 Å². The standard InChI is InChI=1S/C20H32N2/c1-7-8-20(16(5)13-21)22-17(6)12-18-11-15(4)9-10-19(18)14(2)3/h7-8,14-15,18-19,22H,6,9-12H2,1-5H3/b8-7-,20-16-. The molecule has 2 nitrogen and oxygen atoms in total. The average Bonchev–Trinajstić information content (AvgIpc) is 2.45. The van der Waals surface area contributed by atoms with E-state index in [4.69, 9.17) is 5.26 Å². The molecule has 0 aromatic rings. The monoisotopic (exact) mass is 300 g/mol. The van der Waals surface area contributed by atoms with Gasteiger partial charge in [0.25, 0.3) is 0 Å². The van der Waals surface area contributed by atoms with E-state index in [1.165, 1.54) is 19.3 Å². The van der Waals surface area contributed by atoms with Crippen LogP contribution >= 0.6 is 0 Å². The molecule has 3 atom stereocenters. The molecule has 0 amide bonds. The van der Waals surface area contributed by atoms with E-state index in [1.54, 1.807) is 0 Å². The molecule has 0 aliphatic heterocycles. The van der Waals surface area contributed by atoms with E-state index >= 15 is 0 Å². The van der Waals surface area contributed by atoms with Crippen molar-refractivity contribution in [3.8, 4) is 6.07 Å². The molecule has 3 unspecified atom stereocenters. The van der Waals surface area contributed by atoms with Crippen molar-refractivity contribution < 1.29 is 0 Å². The lowest BCUT2D eigenvalue weighted by Gasteiger charge is -2.38. The Hall–Kier alpha value is -1.49. The first-order valence-corrected chi connectivity index (χ1v) is 8.57. The zero-order valence-electron chi connectivity index (χ0n) is 14.9. The second kappa shape index (κ2) is 8.83. The van der Waals surface area contributed by atoms with E-state index in [0.29, 0.717) is 11.5 Å². The van der Waals surface area contributed by atoms with Crippen molar-refractivity contribution in [1.29, 1.82) is 5.26 Å². The van der Waals surface area contributed by atoms with Gasteiger partial charge in [0.15, 0.2) is 0 Å². The second-order valence-electron chi connectivity index (χ2n) is 7.17. The van der Waals surface area contributed by atoms with Gasteiger partial charge in [-0.3, -0.25) is 0 Å². The molecule has 0 spiro atoms. The van der Waals surface area contributed by atoms with E-state index in [0.717, 1.165) is 35.6 Å². The Bertz CT molecular complexity index is 476. The third-order valence-electron chi connectivity index (χ3n) is 4.88. The number of allylic oxidation sites excluding steroid dienone is 4. The fourth-order valence-electron chi connectivity index (χ4n) is 3.68. The summed E-state index contributed by atoms with van der Waals surface area (Å²) in [4.78, 5) is 0. The van der Waals surface area contributed by atoms with E-state index in [9.17, 15) is 0 Å². The van der Waals surface area contributed by atoms with Crippen LogP contribution in [-0.4, -0.2) is 0 Å². The van der Waals surface area contributed by atoms with Crippen LogP contribution in [0.1, 0.15) is 60.3 Å². The van der Waals surface area contributed by atoms with Gasteiger partial charge in [-0.25, -0.2) is 0 Å². The fraction of sp³-hybridized carbons (Fsp3) is 0.650. The molecule has 0 aromatic carbocycles. The molecule has 1 saturated carbocycles. The van der Waals surface area contributed by atoms with Gasteiger partial charge in [-0.05, 0) is 62.9 Å². The van der Waals surface area contributed by atoms with Gasteiger partial charge in [0, 0.05) is 11.3 Å². The Labute approximate surface area is 137 Å². The molecule has 1 fully saturated rings. The summed E-state index contributed by atoms with van der Waals surface area (Å²) in [7, 11) is 0. The van der Waals surface area contributed by atoms with E-state index in [-0.39, 0.29) is 0 Å². The van der Waals surface area contributed by atoms with Gasteiger partial charge in [0.1, 0.15) is 0 Å². The fourth-order valence-corrected chi connectivity index (χ4v) is 3.68. The summed E-state index contributed by atoms with van der Waals surface area (Å²) >= 11 is 0. The third-order valence-corrected chi connectivity index (χ3v) is 4.88. The SMILES string of the molecule is C=C(CC1CC(C)CCC1C(C)C)NC(/C=C\C)=C(/C)C#N. The van der Waals surface area contributed by atoms with Crippen LogP contribution in [0, 0.1) is 35.0 Å². The molecule has 122 valence electrons. The Morgan fingerprint density at radius 1 is 1.41 bits per heavy atom. The zero-order valence-corrected chi connectivity index (χ0v) is 14.9. The van der Waals surface area contributed by atoms with Crippen molar-refractivity contribution in [2.75, 3.05) is 0 Å². The third kappa shape index (κ3) is 5.37. The predicted molar refractivity (Wildman–Crippen MR) is 94.9 cm³/mol. The summed E-state index contributed by atoms with van der Waals surface area (Å²) in [5, 5.41) is 12.5. The summed E-state index contributed by atoms with van der Waals surface area (Å²) in [5.41, 5.74) is 2.61. The predicted octanol–water partition coefficient (Wildman–Crippen LogP) is 5.56. The first kappa shape index (κ1) is 18.6. The Morgan fingerprint density at radius 3 is 2.64 bits per heavy atom. The molecular weight excluding hydrogens is 268 g/mol. The molecule has 1 aliphatic rings. The maximum Gasteiger partial charge on any atom is 0.0965 e. The molecule has 1 rings (SSSR count). The summed E-state index contributed by atoms with van der Waals surface area (Å²) in [6, 6.07) is 2.22. The molecule has 0 saturated heterocycles. The highest BCUT2D eigenvalue weighted by Crippen LogP contribution is 2.40. The van der Waals surface area contributed by atoms with Crippen LogP contribution in [0.4, 0.5) is 0 Å². The van der Waals surface area contributed by atoms with Gasteiger partial charge >= 0.3 is 0 Å². The summed E-state index contributed by atoms with van der Waals surface area (Å²) in [6.45, 7) is 15.1. The molecular formula is C20H32N2. The minimum Gasteiger partial charge on any atom is -0.359 e. The van der Waals surface area contributed by atoms with Crippen molar-refractivity contribution in [2.24, 2.45) is 23.7 Å². The minimum absolute atomic E-state index is 0.705. The number of nitrogens with one attached hydrogen (secondary N) is 1. The topological polar surface area (TPSA) is 35.8 Å². The first-order valence-electron chi connectivity index (χ1n) is 8.57. The maximum absolute atomic E-state index is 9.10. The van der Waals surface area contributed by atoms with Crippen molar-refractivity contribution >= 4 is 0 Å². The lowest BCUT2D eigenvalue weighted by Crippen LogP contribution is -2.29. The van der Waals surface area contributed by atoms with Crippen LogP contribution in [-0.2, 0) is 0 Å². The Kier molecular flexibility index (Phi) is 7.45. The number of nitrogens with zero attached hydrogens (tertiary/aromatic N) is 1. The summed E-state index contributed by atoms with van der Waals surface area (Å²) in [5.74, 6) is 3.05. The first-order chi connectivity index (χ1) is 10.4. The van der Waals surface area contributed by atoms with Gasteiger partial charge in [-0.2, -0.15) is 5.26 Å². The molecule has 1 N–H and O–H groups in total. The van der Waals surface area contributed by atoms with Gasteiger partial charge in [0.2, 0.25) is 0 Å². The summed E-state index contributed by atoms with van der Waals surface area (Å²) < 4.78 is 0. The minimum atomic E-state index is 0.705. The molecule has 0 radical (unpaired) electrons.